The van der Waals surface area contributed by atoms with Crippen LogP contribution in [0.5, 0.6) is 0 Å². The average molecular weight is 482 g/mol. The molecule has 1 unspecified atom stereocenters. The Kier molecular flexibility index (Phi) is 7.37. The highest BCUT2D eigenvalue weighted by Crippen LogP contribution is 2.30. The number of fused-ring (bicyclic) bond motifs is 1. The zero-order chi connectivity index (χ0) is 25.4. The first-order chi connectivity index (χ1) is 15.8. The molecule has 11 heteroatoms. The first kappa shape index (κ1) is 25.7. The summed E-state index contributed by atoms with van der Waals surface area (Å²) in [5.74, 6) is -4.58. The Morgan fingerprint density at radius 2 is 1.79 bits per heavy atom. The maximum atomic E-state index is 14.6. The van der Waals surface area contributed by atoms with E-state index in [1.54, 1.807) is 25.3 Å². The quantitative estimate of drug-likeness (QED) is 0.525. The number of nitrogens with zero attached hydrogens (tertiary/aromatic N) is 4. The van der Waals surface area contributed by atoms with Crippen LogP contribution in [0.25, 0.3) is 11.4 Å². The van der Waals surface area contributed by atoms with Crippen molar-refractivity contribution < 1.29 is 27.6 Å². The number of likely N-dealkylation sites (N-methyl/N-ethyl adjacent to an activating group) is 1. The van der Waals surface area contributed by atoms with Crippen LogP contribution in [0.3, 0.4) is 0 Å². The molecule has 0 saturated heterocycles. The monoisotopic (exact) mass is 481 g/mol. The number of carbonyl (C=O) groups is 2. The second-order valence-corrected chi connectivity index (χ2v) is 9.51. The van der Waals surface area contributed by atoms with Gasteiger partial charge in [-0.3, -0.25) is 14.4 Å². The molecule has 0 saturated carbocycles. The Labute approximate surface area is 196 Å². The number of hydrogen-bond donors (Lipinski definition) is 1. The Hall–Kier alpha value is -2.92. The fourth-order valence-electron chi connectivity index (χ4n) is 3.92. The van der Waals surface area contributed by atoms with E-state index in [9.17, 15) is 22.8 Å². The molecule has 0 radical (unpaired) electrons. The lowest BCUT2D eigenvalue weighted by molar-refractivity contribution is -0.173. The number of hydrogen-bond acceptors (Lipinski definition) is 5. The minimum atomic E-state index is -1.31. The largest absolute Gasteiger partial charge is 0.338 e. The second kappa shape index (κ2) is 9.75. The molecule has 8 nitrogen and oxygen atoms in total. The number of aromatic nitrogens is 2. The first-order valence-electron chi connectivity index (χ1n) is 10.9. The van der Waals surface area contributed by atoms with Gasteiger partial charge in [0, 0.05) is 26.2 Å². The zero-order valence-electron chi connectivity index (χ0n) is 20.2. The predicted octanol–water partition coefficient (Wildman–Crippen LogP) is 2.97. The Bertz CT molecular complexity index is 1100. The summed E-state index contributed by atoms with van der Waals surface area (Å²) in [5.41, 5.74) is -0.416. The molecule has 1 atom stereocenters. The van der Waals surface area contributed by atoms with E-state index in [2.05, 4.69) is 10.3 Å². The standard InChI is InChI=1S/C23H30F3N5O3/c1-23(2,3)19(22(33)30(5)34-6)28-21(32)18-17-12-29(4)8-7-9-31(17)20(27-18)13-10-15(25)16(26)11-14(13)24/h10-11,19H,7-9,12H2,1-6H3,(H,28,32). The van der Waals surface area contributed by atoms with Crippen molar-refractivity contribution >= 4 is 11.8 Å². The van der Waals surface area contributed by atoms with Crippen LogP contribution in [-0.4, -0.2) is 65.1 Å². The molecule has 0 fully saturated rings. The van der Waals surface area contributed by atoms with Crippen molar-refractivity contribution in [2.24, 2.45) is 5.41 Å². The number of imidazole rings is 1. The van der Waals surface area contributed by atoms with E-state index in [1.165, 1.54) is 14.2 Å². The minimum Gasteiger partial charge on any atom is -0.338 e. The summed E-state index contributed by atoms with van der Waals surface area (Å²) in [6, 6.07) is 0.254. The number of halogens is 3. The maximum absolute atomic E-state index is 14.6. The number of carbonyl (C=O) groups excluding carboxylic acids is 2. The summed E-state index contributed by atoms with van der Waals surface area (Å²) in [7, 11) is 4.65. The fourth-order valence-corrected chi connectivity index (χ4v) is 3.92. The molecule has 1 aromatic heterocycles. The Morgan fingerprint density at radius 3 is 2.41 bits per heavy atom. The van der Waals surface area contributed by atoms with Crippen LogP contribution in [0.1, 0.15) is 43.4 Å². The molecule has 186 valence electrons. The van der Waals surface area contributed by atoms with Gasteiger partial charge < -0.3 is 14.8 Å². The van der Waals surface area contributed by atoms with E-state index in [0.29, 0.717) is 37.8 Å². The Balaban J connectivity index is 2.10. The lowest BCUT2D eigenvalue weighted by Gasteiger charge is -2.32. The van der Waals surface area contributed by atoms with Gasteiger partial charge in [0.15, 0.2) is 17.3 Å². The summed E-state index contributed by atoms with van der Waals surface area (Å²) < 4.78 is 43.8. The lowest BCUT2D eigenvalue weighted by atomic mass is 9.86. The van der Waals surface area contributed by atoms with E-state index in [0.717, 1.165) is 11.1 Å². The maximum Gasteiger partial charge on any atom is 0.272 e. The van der Waals surface area contributed by atoms with Crippen LogP contribution in [0, 0.1) is 22.9 Å². The average Bonchev–Trinajstić information content (AvgIpc) is 2.98. The smallest absolute Gasteiger partial charge is 0.272 e. The van der Waals surface area contributed by atoms with E-state index in [4.69, 9.17) is 4.84 Å². The molecule has 2 aromatic rings. The zero-order valence-corrected chi connectivity index (χ0v) is 20.2. The first-order valence-corrected chi connectivity index (χ1v) is 10.9. The van der Waals surface area contributed by atoms with Crippen molar-refractivity contribution in [3.8, 4) is 11.4 Å². The van der Waals surface area contributed by atoms with Crippen molar-refractivity contribution in [3.05, 3.63) is 41.0 Å². The fraction of sp³-hybridized carbons (Fsp3) is 0.522. The van der Waals surface area contributed by atoms with Gasteiger partial charge in [-0.2, -0.15) is 0 Å². The van der Waals surface area contributed by atoms with Crippen LogP contribution >= 0.6 is 0 Å². The number of hydroxylamine groups is 2. The molecule has 1 N–H and O–H groups in total. The molecule has 34 heavy (non-hydrogen) atoms. The normalized spacial score (nSPS) is 15.4. The van der Waals surface area contributed by atoms with Gasteiger partial charge in [-0.05, 0) is 31.5 Å². The number of rotatable bonds is 5. The number of amides is 2. The molecule has 2 amide bonds. The van der Waals surface area contributed by atoms with Gasteiger partial charge in [-0.25, -0.2) is 23.2 Å². The van der Waals surface area contributed by atoms with Crippen molar-refractivity contribution in [1.82, 2.24) is 24.8 Å². The SMILES string of the molecule is CON(C)C(=O)C(NC(=O)c1nc(-c2cc(F)c(F)cc2F)n2c1CN(C)CCC2)C(C)(C)C. The molecule has 0 bridgehead atoms. The molecule has 1 aliphatic rings. The van der Waals surface area contributed by atoms with Crippen LogP contribution in [-0.2, 0) is 22.7 Å². The molecule has 3 rings (SSSR count). The number of nitrogens with one attached hydrogen (secondary N) is 1. The van der Waals surface area contributed by atoms with Crippen LogP contribution < -0.4 is 5.32 Å². The molecule has 0 aliphatic carbocycles. The Morgan fingerprint density at radius 1 is 1.15 bits per heavy atom. The third kappa shape index (κ3) is 5.10. The van der Waals surface area contributed by atoms with Gasteiger partial charge in [-0.15, -0.1) is 0 Å². The van der Waals surface area contributed by atoms with E-state index in [-0.39, 0.29) is 17.1 Å². The van der Waals surface area contributed by atoms with Crippen molar-refractivity contribution in [3.63, 3.8) is 0 Å². The van der Waals surface area contributed by atoms with E-state index in [1.807, 2.05) is 11.9 Å². The molecule has 1 aromatic carbocycles. The summed E-state index contributed by atoms with van der Waals surface area (Å²) >= 11 is 0. The summed E-state index contributed by atoms with van der Waals surface area (Å²) in [4.78, 5) is 37.6. The minimum absolute atomic E-state index is 0.00463. The molecule has 1 aliphatic heterocycles. The summed E-state index contributed by atoms with van der Waals surface area (Å²) in [5, 5.41) is 3.77. The van der Waals surface area contributed by atoms with Crippen LogP contribution in [0.4, 0.5) is 13.2 Å². The van der Waals surface area contributed by atoms with Crippen molar-refractivity contribution in [1.29, 1.82) is 0 Å². The summed E-state index contributed by atoms with van der Waals surface area (Å²) in [6.45, 7) is 6.83. The van der Waals surface area contributed by atoms with E-state index >= 15 is 0 Å². The highest BCUT2D eigenvalue weighted by molar-refractivity contribution is 5.97. The summed E-state index contributed by atoms with van der Waals surface area (Å²) in [6.07, 6.45) is 0.681. The van der Waals surface area contributed by atoms with Crippen molar-refractivity contribution in [2.45, 2.75) is 46.3 Å². The van der Waals surface area contributed by atoms with Gasteiger partial charge in [0.2, 0.25) is 0 Å². The van der Waals surface area contributed by atoms with Gasteiger partial charge in [0.25, 0.3) is 11.8 Å². The van der Waals surface area contributed by atoms with Crippen LogP contribution in [0.2, 0.25) is 0 Å². The van der Waals surface area contributed by atoms with Gasteiger partial charge in [0.1, 0.15) is 17.7 Å². The van der Waals surface area contributed by atoms with Gasteiger partial charge in [-0.1, -0.05) is 20.8 Å². The number of benzene rings is 1. The van der Waals surface area contributed by atoms with Gasteiger partial charge in [0.05, 0.1) is 18.4 Å². The van der Waals surface area contributed by atoms with Crippen LogP contribution in [0.15, 0.2) is 12.1 Å². The molecule has 0 spiro atoms. The highest BCUT2D eigenvalue weighted by Gasteiger charge is 2.37. The van der Waals surface area contributed by atoms with Gasteiger partial charge >= 0.3 is 0 Å². The predicted molar refractivity (Wildman–Crippen MR) is 119 cm³/mol. The second-order valence-electron chi connectivity index (χ2n) is 9.51. The van der Waals surface area contributed by atoms with Crippen molar-refractivity contribution in [2.75, 3.05) is 27.7 Å². The third-order valence-electron chi connectivity index (χ3n) is 5.85. The van der Waals surface area contributed by atoms with E-state index < -0.39 is 40.7 Å². The topological polar surface area (TPSA) is 79.7 Å². The highest BCUT2D eigenvalue weighted by atomic mass is 19.2. The molecule has 2 heterocycles. The molecular weight excluding hydrogens is 451 g/mol. The lowest BCUT2D eigenvalue weighted by Crippen LogP contribution is -2.53. The third-order valence-corrected chi connectivity index (χ3v) is 5.85. The molecular formula is C23H30F3N5O3.